The molecule has 0 aromatic heterocycles. The molecule has 0 bridgehead atoms. The molecule has 0 heterocycles. The van der Waals surface area contributed by atoms with Gasteiger partial charge in [0, 0.05) is 13.2 Å². The van der Waals surface area contributed by atoms with Gasteiger partial charge in [0.25, 0.3) is 0 Å². The monoisotopic (exact) mass is 233 g/mol. The van der Waals surface area contributed by atoms with Gasteiger partial charge >= 0.3 is 10.4 Å². The third-order valence-electron chi connectivity index (χ3n) is 0.732. The van der Waals surface area contributed by atoms with E-state index < -0.39 is 23.6 Å². The Morgan fingerprint density at radius 1 is 1.21 bits per heavy atom. The molecule has 0 aromatic carbocycles. The minimum Gasteiger partial charge on any atom is -0.394 e. The van der Waals surface area contributed by atoms with Gasteiger partial charge in [0.1, 0.15) is 0 Å². The molecule has 0 saturated heterocycles. The van der Waals surface area contributed by atoms with Gasteiger partial charge in [-0.25, -0.2) is 4.18 Å². The van der Waals surface area contributed by atoms with Gasteiger partial charge in [0.05, 0.1) is 13.2 Å². The molecule has 0 radical (unpaired) electrons. The summed E-state index contributed by atoms with van der Waals surface area (Å²) >= 11 is 0. The van der Waals surface area contributed by atoms with Gasteiger partial charge < -0.3 is 16.0 Å². The molecule has 0 aliphatic carbocycles. The van der Waals surface area contributed by atoms with Gasteiger partial charge in [-0.05, 0) is 13.8 Å². The highest BCUT2D eigenvalue weighted by Gasteiger charge is 2.00. The summed E-state index contributed by atoms with van der Waals surface area (Å²) in [4.78, 5) is 0. The lowest BCUT2D eigenvalue weighted by atomic mass is 10.8. The SMILES string of the molecule is CCOCC.N.O=S(=O)(O)OCCO. The van der Waals surface area contributed by atoms with Crippen LogP contribution in [0, 0.1) is 0 Å². The van der Waals surface area contributed by atoms with Crippen molar-refractivity contribution in [1.82, 2.24) is 6.15 Å². The highest BCUT2D eigenvalue weighted by Crippen LogP contribution is 1.81. The van der Waals surface area contributed by atoms with Crippen LogP contribution in [0.1, 0.15) is 13.8 Å². The van der Waals surface area contributed by atoms with Crippen LogP contribution in [0.4, 0.5) is 0 Å². The molecule has 0 atom stereocenters. The van der Waals surface area contributed by atoms with E-state index in [9.17, 15) is 8.42 Å². The van der Waals surface area contributed by atoms with Crippen molar-refractivity contribution < 1.29 is 27.0 Å². The van der Waals surface area contributed by atoms with Crippen LogP contribution in [0.5, 0.6) is 0 Å². The molecule has 0 rings (SSSR count). The minimum absolute atomic E-state index is 0. The van der Waals surface area contributed by atoms with Crippen molar-refractivity contribution in [2.75, 3.05) is 26.4 Å². The number of aliphatic hydroxyl groups excluding tert-OH is 1. The molecule has 90 valence electrons. The Kier molecular flexibility index (Phi) is 17.6. The Bertz CT molecular complexity index is 179. The average Bonchev–Trinajstić information content (AvgIpc) is 2.02. The molecule has 0 fully saturated rings. The van der Waals surface area contributed by atoms with E-state index in [1.807, 2.05) is 13.8 Å². The number of rotatable bonds is 5. The Balaban J connectivity index is -0.000000177. The zero-order chi connectivity index (χ0) is 10.7. The molecule has 0 saturated carbocycles. The Morgan fingerprint density at radius 2 is 1.64 bits per heavy atom. The fourth-order valence-corrected chi connectivity index (χ4v) is 0.632. The van der Waals surface area contributed by atoms with E-state index in [4.69, 9.17) is 14.4 Å². The summed E-state index contributed by atoms with van der Waals surface area (Å²) in [5.74, 6) is 0. The second kappa shape index (κ2) is 12.8. The van der Waals surface area contributed by atoms with Gasteiger partial charge in [-0.3, -0.25) is 4.55 Å². The van der Waals surface area contributed by atoms with Crippen LogP contribution in [0.25, 0.3) is 0 Å². The zero-order valence-electron chi connectivity index (χ0n) is 8.47. The zero-order valence-corrected chi connectivity index (χ0v) is 9.29. The molecule has 0 aliphatic heterocycles. The molecule has 0 amide bonds. The second-order valence-corrected chi connectivity index (χ2v) is 2.85. The normalized spacial score (nSPS) is 9.71. The van der Waals surface area contributed by atoms with Crippen molar-refractivity contribution in [3.8, 4) is 0 Å². The van der Waals surface area contributed by atoms with Crippen molar-refractivity contribution >= 4 is 10.4 Å². The number of ether oxygens (including phenoxy) is 1. The van der Waals surface area contributed by atoms with Crippen molar-refractivity contribution in [1.29, 1.82) is 0 Å². The predicted molar refractivity (Wildman–Crippen MR) is 51.8 cm³/mol. The highest BCUT2D eigenvalue weighted by molar-refractivity contribution is 7.80. The quantitative estimate of drug-likeness (QED) is 0.570. The number of hydrogen-bond acceptors (Lipinski definition) is 6. The van der Waals surface area contributed by atoms with Crippen LogP contribution < -0.4 is 6.15 Å². The summed E-state index contributed by atoms with van der Waals surface area (Å²) in [6.45, 7) is 4.83. The molecule has 0 aromatic rings. The lowest BCUT2D eigenvalue weighted by molar-refractivity contribution is 0.162. The smallest absolute Gasteiger partial charge is 0.394 e. The van der Waals surface area contributed by atoms with Crippen LogP contribution in [0.2, 0.25) is 0 Å². The molecule has 8 heteroatoms. The standard InChI is InChI=1S/C4H10O.C2H6O5S.H3N/c1-3-5-4-2;3-1-2-7-8(4,5)6;/h3-4H2,1-2H3;3H,1-2H2,(H,4,5,6);1H3. The first kappa shape index (κ1) is 19.3. The van der Waals surface area contributed by atoms with Crippen molar-refractivity contribution in [3.63, 3.8) is 0 Å². The topological polar surface area (TPSA) is 128 Å². The van der Waals surface area contributed by atoms with Crippen LogP contribution in [-0.2, 0) is 19.3 Å². The van der Waals surface area contributed by atoms with Gasteiger partial charge in [0.2, 0.25) is 0 Å². The molecule has 14 heavy (non-hydrogen) atoms. The summed E-state index contributed by atoms with van der Waals surface area (Å²) in [6.07, 6.45) is 0. The van der Waals surface area contributed by atoms with Crippen molar-refractivity contribution in [3.05, 3.63) is 0 Å². The first-order chi connectivity index (χ1) is 5.97. The Hall–Kier alpha value is -0.250. The third kappa shape index (κ3) is 29.8. The Labute approximate surface area is 84.6 Å². The van der Waals surface area contributed by atoms with E-state index in [2.05, 4.69) is 4.18 Å². The lowest BCUT2D eigenvalue weighted by Crippen LogP contribution is -2.06. The van der Waals surface area contributed by atoms with Crippen molar-refractivity contribution in [2.24, 2.45) is 0 Å². The van der Waals surface area contributed by atoms with Gasteiger partial charge in [-0.1, -0.05) is 0 Å². The molecule has 5 N–H and O–H groups in total. The maximum Gasteiger partial charge on any atom is 0.397 e. The molecule has 7 nitrogen and oxygen atoms in total. The molecular weight excluding hydrogens is 214 g/mol. The number of aliphatic hydroxyl groups is 1. The fourth-order valence-electron chi connectivity index (χ4n) is 0.347. The molecule has 0 spiro atoms. The molecule has 0 unspecified atom stereocenters. The van der Waals surface area contributed by atoms with Crippen LogP contribution in [0.15, 0.2) is 0 Å². The third-order valence-corrected chi connectivity index (χ3v) is 1.20. The van der Waals surface area contributed by atoms with E-state index in [-0.39, 0.29) is 6.15 Å². The molecular formula is C6H19NO6S. The minimum atomic E-state index is -4.35. The second-order valence-electron chi connectivity index (χ2n) is 1.75. The van der Waals surface area contributed by atoms with Gasteiger partial charge in [-0.15, -0.1) is 0 Å². The summed E-state index contributed by atoms with van der Waals surface area (Å²) < 4.78 is 35.5. The molecule has 0 aliphatic rings. The predicted octanol–water partition coefficient (Wildman–Crippen LogP) is 0.00290. The van der Waals surface area contributed by atoms with Crippen molar-refractivity contribution in [2.45, 2.75) is 13.8 Å². The van der Waals surface area contributed by atoms with E-state index >= 15 is 0 Å². The fraction of sp³-hybridized carbons (Fsp3) is 1.00. The van der Waals surface area contributed by atoms with Gasteiger partial charge in [-0.2, -0.15) is 8.42 Å². The highest BCUT2D eigenvalue weighted by atomic mass is 32.3. The number of hydrogen-bond donors (Lipinski definition) is 3. The maximum atomic E-state index is 9.61. The van der Waals surface area contributed by atoms with E-state index in [1.165, 1.54) is 0 Å². The first-order valence-electron chi connectivity index (χ1n) is 3.78. The van der Waals surface area contributed by atoms with Crippen LogP contribution in [0.3, 0.4) is 0 Å². The first-order valence-corrected chi connectivity index (χ1v) is 5.14. The Morgan fingerprint density at radius 3 is 1.71 bits per heavy atom. The van der Waals surface area contributed by atoms with Crippen LogP contribution >= 0.6 is 0 Å². The lowest BCUT2D eigenvalue weighted by Gasteiger charge is -1.92. The van der Waals surface area contributed by atoms with Gasteiger partial charge in [0.15, 0.2) is 0 Å². The van der Waals surface area contributed by atoms with Crippen LogP contribution in [-0.4, -0.2) is 44.5 Å². The van der Waals surface area contributed by atoms with E-state index in [0.717, 1.165) is 13.2 Å². The maximum absolute atomic E-state index is 9.61. The largest absolute Gasteiger partial charge is 0.397 e. The summed E-state index contributed by atoms with van der Waals surface area (Å²) in [7, 11) is -4.35. The summed E-state index contributed by atoms with van der Waals surface area (Å²) in [5.41, 5.74) is 0. The summed E-state index contributed by atoms with van der Waals surface area (Å²) in [6, 6.07) is 0. The van der Waals surface area contributed by atoms with E-state index in [1.54, 1.807) is 0 Å². The average molecular weight is 233 g/mol. The summed E-state index contributed by atoms with van der Waals surface area (Å²) in [5, 5.41) is 7.93. The van der Waals surface area contributed by atoms with E-state index in [0.29, 0.717) is 0 Å².